The van der Waals surface area contributed by atoms with Crippen LogP contribution in [-0.4, -0.2) is 0 Å². The molecule has 0 nitrogen and oxygen atoms in total. The van der Waals surface area contributed by atoms with Gasteiger partial charge in [-0.2, -0.15) is 0 Å². The van der Waals surface area contributed by atoms with Gasteiger partial charge in [0.1, 0.15) is 0 Å². The molecule has 0 saturated heterocycles. The lowest BCUT2D eigenvalue weighted by Crippen LogP contribution is -1.85. The second-order valence-electron chi connectivity index (χ2n) is 9.42. The lowest BCUT2D eigenvalue weighted by molar-refractivity contribution is 1.39. The molecule has 6 aromatic rings. The second kappa shape index (κ2) is 10.1. The van der Waals surface area contributed by atoms with Crippen molar-refractivity contribution < 1.29 is 0 Å². The lowest BCUT2D eigenvalue weighted by atomic mass is 10.1. The van der Waals surface area contributed by atoms with Gasteiger partial charge in [0.05, 0.1) is 0 Å². The average molecular weight is 771 g/mol. The fraction of sp³-hybridized carbons (Fsp3) is 0.200. The van der Waals surface area contributed by atoms with E-state index in [-0.39, 0.29) is 0 Å². The Balaban J connectivity index is 0.000000148. The van der Waals surface area contributed by atoms with Crippen LogP contribution in [0.1, 0.15) is 33.4 Å². The first kappa shape index (κ1) is 26.9. The number of benzene rings is 4. The molecule has 0 saturated carbocycles. The summed E-state index contributed by atoms with van der Waals surface area (Å²) in [6.45, 7) is 13.0. The summed E-state index contributed by atoms with van der Waals surface area (Å²) in [5.74, 6) is 0. The van der Waals surface area contributed by atoms with Crippen LogP contribution in [0, 0.1) is 45.1 Å². The summed E-state index contributed by atoms with van der Waals surface area (Å²) in [7, 11) is 0. The first-order valence-corrected chi connectivity index (χ1v) is 16.2. The topological polar surface area (TPSA) is 0 Å². The number of hydrogen-bond acceptors (Lipinski definition) is 2. The Kier molecular flexibility index (Phi) is 7.56. The molecule has 0 aliphatic rings. The van der Waals surface area contributed by atoms with Crippen LogP contribution in [0.25, 0.3) is 40.3 Å². The zero-order valence-electron chi connectivity index (χ0n) is 20.8. The molecule has 36 heavy (non-hydrogen) atoms. The summed E-state index contributed by atoms with van der Waals surface area (Å²) in [5, 5.41) is 6.31. The Hall–Kier alpha value is -0.700. The smallest absolute Gasteiger partial charge is 0.0449 e. The Morgan fingerprint density at radius 1 is 0.611 bits per heavy atom. The van der Waals surface area contributed by atoms with Gasteiger partial charge in [-0.15, -0.1) is 22.7 Å². The van der Waals surface area contributed by atoms with E-state index in [4.69, 9.17) is 11.6 Å². The van der Waals surface area contributed by atoms with E-state index in [1.165, 1.54) is 80.7 Å². The van der Waals surface area contributed by atoms with Crippen LogP contribution in [-0.2, 0) is 0 Å². The van der Waals surface area contributed by atoms with Gasteiger partial charge in [-0.05, 0) is 134 Å². The van der Waals surface area contributed by atoms with Crippen LogP contribution in [0.5, 0.6) is 0 Å². The highest BCUT2D eigenvalue weighted by Gasteiger charge is 2.14. The zero-order chi connectivity index (χ0) is 26.0. The predicted octanol–water partition coefficient (Wildman–Crippen LogP) is 12.7. The molecule has 0 atom stereocenters. The van der Waals surface area contributed by atoms with Gasteiger partial charge in [-0.1, -0.05) is 43.5 Å². The maximum Gasteiger partial charge on any atom is 0.0449 e. The standard InChI is InChI=1S/C15H12Br2S.C15H12ClIS/c2*1-7-4-10-11-5-8(2)14(17)9(3)15(11)18-13(10)6-12(7)16/h2*4-6H,1-3H3. The van der Waals surface area contributed by atoms with Crippen molar-refractivity contribution >= 4 is 129 Å². The third-order valence-corrected chi connectivity index (χ3v) is 13.5. The first-order chi connectivity index (χ1) is 17.0. The van der Waals surface area contributed by atoms with E-state index in [0.717, 1.165) is 10.6 Å². The lowest BCUT2D eigenvalue weighted by Gasteiger charge is -2.04. The number of fused-ring (bicyclic) bond motifs is 6. The largest absolute Gasteiger partial charge is 0.135 e. The molecular weight excluding hydrogens is 747 g/mol. The van der Waals surface area contributed by atoms with Crippen LogP contribution < -0.4 is 0 Å². The van der Waals surface area contributed by atoms with Gasteiger partial charge < -0.3 is 0 Å². The maximum absolute atomic E-state index is 6.22. The van der Waals surface area contributed by atoms with E-state index < -0.39 is 0 Å². The van der Waals surface area contributed by atoms with Crippen molar-refractivity contribution in [1.82, 2.24) is 0 Å². The van der Waals surface area contributed by atoms with Gasteiger partial charge in [0.15, 0.2) is 0 Å². The molecule has 0 aliphatic carbocycles. The summed E-state index contributed by atoms with van der Waals surface area (Å²) in [6, 6.07) is 13.4. The van der Waals surface area contributed by atoms with Gasteiger partial charge in [-0.3, -0.25) is 0 Å². The molecule has 0 bridgehead atoms. The fourth-order valence-corrected chi connectivity index (χ4v) is 8.88. The normalized spacial score (nSPS) is 11.6. The highest BCUT2D eigenvalue weighted by atomic mass is 127. The molecule has 0 fully saturated rings. The van der Waals surface area contributed by atoms with Crippen LogP contribution in [0.2, 0.25) is 5.02 Å². The molecule has 2 aromatic heterocycles. The van der Waals surface area contributed by atoms with Crippen molar-refractivity contribution in [2.45, 2.75) is 41.5 Å². The molecule has 0 spiro atoms. The van der Waals surface area contributed by atoms with E-state index in [2.05, 4.69) is 132 Å². The van der Waals surface area contributed by atoms with Gasteiger partial charge in [0.25, 0.3) is 0 Å². The van der Waals surface area contributed by atoms with E-state index in [9.17, 15) is 0 Å². The van der Waals surface area contributed by atoms with Crippen molar-refractivity contribution in [3.63, 3.8) is 0 Å². The van der Waals surface area contributed by atoms with Crippen molar-refractivity contribution in [3.8, 4) is 0 Å². The van der Waals surface area contributed by atoms with Gasteiger partial charge in [0.2, 0.25) is 0 Å². The molecule has 184 valence electrons. The Labute approximate surface area is 255 Å². The molecule has 0 amide bonds. The first-order valence-electron chi connectivity index (χ1n) is 11.5. The highest BCUT2D eigenvalue weighted by Crippen LogP contribution is 2.42. The minimum absolute atomic E-state index is 0.859. The molecule has 6 rings (SSSR count). The average Bonchev–Trinajstić information content (AvgIpc) is 3.35. The summed E-state index contributed by atoms with van der Waals surface area (Å²) < 4.78 is 9.21. The summed E-state index contributed by atoms with van der Waals surface area (Å²) in [5.41, 5.74) is 7.84. The Morgan fingerprint density at radius 3 is 1.75 bits per heavy atom. The number of thiophene rings is 2. The maximum atomic E-state index is 6.22. The summed E-state index contributed by atoms with van der Waals surface area (Å²) >= 11 is 19.7. The monoisotopic (exact) mass is 768 g/mol. The van der Waals surface area contributed by atoms with E-state index >= 15 is 0 Å². The quantitative estimate of drug-likeness (QED) is 0.135. The van der Waals surface area contributed by atoms with E-state index in [0.29, 0.717) is 0 Å². The summed E-state index contributed by atoms with van der Waals surface area (Å²) in [6.07, 6.45) is 0. The van der Waals surface area contributed by atoms with Crippen LogP contribution in [0.3, 0.4) is 0 Å². The molecular formula is C30H24Br2ClIS2. The molecule has 6 heteroatoms. The number of hydrogen-bond donors (Lipinski definition) is 0. The third kappa shape index (κ3) is 4.56. The number of aryl methyl sites for hydroxylation is 6. The fourth-order valence-electron chi connectivity index (χ4n) is 4.69. The number of halogens is 4. The summed E-state index contributed by atoms with van der Waals surface area (Å²) in [4.78, 5) is 0. The molecule has 0 N–H and O–H groups in total. The zero-order valence-corrected chi connectivity index (χ0v) is 28.5. The predicted molar refractivity (Wildman–Crippen MR) is 180 cm³/mol. The van der Waals surface area contributed by atoms with Gasteiger partial charge >= 0.3 is 0 Å². The number of rotatable bonds is 0. The minimum Gasteiger partial charge on any atom is -0.135 e. The van der Waals surface area contributed by atoms with Gasteiger partial charge in [-0.25, -0.2) is 0 Å². The van der Waals surface area contributed by atoms with Crippen molar-refractivity contribution in [3.05, 3.63) is 87.3 Å². The highest BCUT2D eigenvalue weighted by molar-refractivity contribution is 14.1. The van der Waals surface area contributed by atoms with E-state index in [1.807, 2.05) is 22.7 Å². The van der Waals surface area contributed by atoms with Crippen molar-refractivity contribution in [2.75, 3.05) is 0 Å². The van der Waals surface area contributed by atoms with Crippen LogP contribution in [0.15, 0.2) is 45.3 Å². The van der Waals surface area contributed by atoms with E-state index in [1.54, 1.807) is 0 Å². The molecule has 0 radical (unpaired) electrons. The van der Waals surface area contributed by atoms with Crippen LogP contribution in [0.4, 0.5) is 0 Å². The van der Waals surface area contributed by atoms with Gasteiger partial charge in [0, 0.05) is 57.9 Å². The molecule has 2 heterocycles. The van der Waals surface area contributed by atoms with Crippen LogP contribution >= 0.6 is 88.7 Å². The Bertz CT molecular complexity index is 1710. The molecule has 4 aromatic carbocycles. The second-order valence-corrected chi connectivity index (χ2v) is 14.7. The SMILES string of the molecule is Cc1cc2c(cc1Br)sc1c(C)c(Br)c(C)cc12.Cc1cc2c(cc1Cl)sc1c(C)c(I)c(C)cc12. The molecule has 0 aliphatic heterocycles. The Morgan fingerprint density at radius 2 is 1.11 bits per heavy atom. The van der Waals surface area contributed by atoms with Crippen molar-refractivity contribution in [1.29, 1.82) is 0 Å². The minimum atomic E-state index is 0.859. The molecule has 0 unspecified atom stereocenters. The van der Waals surface area contributed by atoms with Crippen molar-refractivity contribution in [2.24, 2.45) is 0 Å². The third-order valence-electron chi connectivity index (χ3n) is 6.77.